The van der Waals surface area contributed by atoms with E-state index in [9.17, 15) is 4.79 Å². The summed E-state index contributed by atoms with van der Waals surface area (Å²) >= 11 is 1.57. The normalized spacial score (nSPS) is 10.8. The van der Waals surface area contributed by atoms with Gasteiger partial charge in [0.15, 0.2) is 0 Å². The highest BCUT2D eigenvalue weighted by Gasteiger charge is 2.17. The van der Waals surface area contributed by atoms with Gasteiger partial charge in [-0.25, -0.2) is 0 Å². The summed E-state index contributed by atoms with van der Waals surface area (Å²) in [6.07, 6.45) is 0. The van der Waals surface area contributed by atoms with Crippen LogP contribution in [0.15, 0.2) is 54.6 Å². The number of amides is 1. The molecule has 0 saturated heterocycles. The lowest BCUT2D eigenvalue weighted by Crippen LogP contribution is -2.29. The molecule has 1 heterocycles. The highest BCUT2D eigenvalue weighted by Crippen LogP contribution is 2.26. The smallest absolute Gasteiger partial charge is 0.264 e. The molecule has 3 rings (SSSR count). The Balaban J connectivity index is 1.86. The Bertz CT molecular complexity index is 773. The third-order valence-electron chi connectivity index (χ3n) is 3.93. The molecule has 0 spiro atoms. The SMILES string of the molecule is CCN(Cc1ccccc1C)C(=O)c1cc2ccccc2s1. The Morgan fingerprint density at radius 2 is 1.82 bits per heavy atom. The molecule has 112 valence electrons. The molecular weight excluding hydrogens is 290 g/mol. The van der Waals surface area contributed by atoms with Gasteiger partial charge in [0.2, 0.25) is 0 Å². The molecular formula is C19H19NOS. The van der Waals surface area contributed by atoms with E-state index in [0.29, 0.717) is 13.1 Å². The molecule has 2 nitrogen and oxygen atoms in total. The Morgan fingerprint density at radius 3 is 2.55 bits per heavy atom. The standard InChI is InChI=1S/C19H19NOS/c1-3-20(13-16-10-5-4-8-14(16)2)19(21)18-12-15-9-6-7-11-17(15)22-18/h4-12H,3,13H2,1-2H3. The van der Waals surface area contributed by atoms with Crippen molar-refractivity contribution in [1.29, 1.82) is 0 Å². The highest BCUT2D eigenvalue weighted by atomic mass is 32.1. The molecule has 2 aromatic carbocycles. The number of hydrogen-bond acceptors (Lipinski definition) is 2. The number of carbonyl (C=O) groups excluding carboxylic acids is 1. The van der Waals surface area contributed by atoms with Gasteiger partial charge in [-0.1, -0.05) is 42.5 Å². The van der Waals surface area contributed by atoms with Gasteiger partial charge in [0, 0.05) is 17.8 Å². The predicted octanol–water partition coefficient (Wildman–Crippen LogP) is 4.87. The van der Waals surface area contributed by atoms with Gasteiger partial charge in [-0.3, -0.25) is 4.79 Å². The topological polar surface area (TPSA) is 20.3 Å². The monoisotopic (exact) mass is 309 g/mol. The summed E-state index contributed by atoms with van der Waals surface area (Å²) in [7, 11) is 0. The maximum atomic E-state index is 12.8. The average molecular weight is 309 g/mol. The van der Waals surface area contributed by atoms with Crippen molar-refractivity contribution >= 4 is 27.3 Å². The van der Waals surface area contributed by atoms with E-state index in [2.05, 4.69) is 31.2 Å². The summed E-state index contributed by atoms with van der Waals surface area (Å²) in [5.41, 5.74) is 2.43. The zero-order valence-corrected chi connectivity index (χ0v) is 13.7. The first kappa shape index (κ1) is 14.8. The molecule has 1 amide bonds. The minimum absolute atomic E-state index is 0.118. The van der Waals surface area contributed by atoms with E-state index in [1.807, 2.05) is 42.2 Å². The van der Waals surface area contributed by atoms with Crippen LogP contribution in [0.25, 0.3) is 10.1 Å². The Labute approximate surface area is 135 Å². The zero-order chi connectivity index (χ0) is 15.5. The van der Waals surface area contributed by atoms with Gasteiger partial charge in [-0.15, -0.1) is 11.3 Å². The van der Waals surface area contributed by atoms with Crippen LogP contribution in [-0.2, 0) is 6.54 Å². The van der Waals surface area contributed by atoms with Crippen molar-refractivity contribution in [3.05, 3.63) is 70.6 Å². The second-order valence-corrected chi connectivity index (χ2v) is 6.48. The molecule has 0 aliphatic carbocycles. The molecule has 0 bridgehead atoms. The van der Waals surface area contributed by atoms with E-state index in [1.54, 1.807) is 11.3 Å². The van der Waals surface area contributed by atoms with Gasteiger partial charge in [-0.2, -0.15) is 0 Å². The largest absolute Gasteiger partial charge is 0.334 e. The highest BCUT2D eigenvalue weighted by molar-refractivity contribution is 7.20. The van der Waals surface area contributed by atoms with E-state index in [0.717, 1.165) is 15.0 Å². The van der Waals surface area contributed by atoms with E-state index < -0.39 is 0 Å². The van der Waals surface area contributed by atoms with E-state index >= 15 is 0 Å². The first-order chi connectivity index (χ1) is 10.7. The maximum absolute atomic E-state index is 12.8. The summed E-state index contributed by atoms with van der Waals surface area (Å²) in [4.78, 5) is 15.5. The average Bonchev–Trinajstić information content (AvgIpc) is 2.97. The van der Waals surface area contributed by atoms with Crippen molar-refractivity contribution in [2.75, 3.05) is 6.54 Å². The minimum Gasteiger partial charge on any atom is -0.334 e. The van der Waals surface area contributed by atoms with Crippen LogP contribution in [0.4, 0.5) is 0 Å². The molecule has 22 heavy (non-hydrogen) atoms. The molecule has 0 aliphatic heterocycles. The molecule has 3 heteroatoms. The van der Waals surface area contributed by atoms with Gasteiger partial charge in [-0.05, 0) is 42.5 Å². The number of thiophene rings is 1. The number of benzene rings is 2. The number of hydrogen-bond donors (Lipinski definition) is 0. The fourth-order valence-electron chi connectivity index (χ4n) is 2.56. The van der Waals surface area contributed by atoms with Gasteiger partial charge in [0.25, 0.3) is 5.91 Å². The van der Waals surface area contributed by atoms with Crippen LogP contribution in [0, 0.1) is 6.92 Å². The first-order valence-corrected chi connectivity index (χ1v) is 8.33. The molecule has 3 aromatic rings. The summed E-state index contributed by atoms with van der Waals surface area (Å²) < 4.78 is 1.16. The summed E-state index contributed by atoms with van der Waals surface area (Å²) in [6.45, 7) is 5.49. The third-order valence-corrected chi connectivity index (χ3v) is 5.03. The quantitative estimate of drug-likeness (QED) is 0.673. The Kier molecular flexibility index (Phi) is 4.25. The van der Waals surface area contributed by atoms with Crippen LogP contribution in [0.2, 0.25) is 0 Å². The van der Waals surface area contributed by atoms with Crippen molar-refractivity contribution in [2.45, 2.75) is 20.4 Å². The third kappa shape index (κ3) is 2.90. The van der Waals surface area contributed by atoms with Crippen molar-refractivity contribution in [3.63, 3.8) is 0 Å². The number of nitrogens with zero attached hydrogens (tertiary/aromatic N) is 1. The van der Waals surface area contributed by atoms with E-state index in [4.69, 9.17) is 0 Å². The maximum Gasteiger partial charge on any atom is 0.264 e. The molecule has 0 aliphatic rings. The number of aryl methyl sites for hydroxylation is 1. The molecule has 1 aromatic heterocycles. The molecule has 0 unspecified atom stereocenters. The van der Waals surface area contributed by atoms with Crippen molar-refractivity contribution in [2.24, 2.45) is 0 Å². The number of fused-ring (bicyclic) bond motifs is 1. The predicted molar refractivity (Wildman–Crippen MR) is 93.4 cm³/mol. The summed E-state index contributed by atoms with van der Waals surface area (Å²) in [5.74, 6) is 0.118. The molecule has 0 radical (unpaired) electrons. The van der Waals surface area contributed by atoms with Crippen LogP contribution >= 0.6 is 11.3 Å². The number of carbonyl (C=O) groups is 1. The van der Waals surface area contributed by atoms with E-state index in [1.165, 1.54) is 11.1 Å². The fraction of sp³-hybridized carbons (Fsp3) is 0.211. The molecule has 0 fully saturated rings. The second kappa shape index (κ2) is 6.32. The fourth-order valence-corrected chi connectivity index (χ4v) is 3.59. The Morgan fingerprint density at radius 1 is 1.09 bits per heavy atom. The molecule has 0 atom stereocenters. The molecule has 0 saturated carbocycles. The van der Waals surface area contributed by atoms with Crippen LogP contribution in [0.5, 0.6) is 0 Å². The van der Waals surface area contributed by atoms with Crippen LogP contribution in [-0.4, -0.2) is 17.4 Å². The first-order valence-electron chi connectivity index (χ1n) is 7.51. The van der Waals surface area contributed by atoms with Crippen LogP contribution in [0.3, 0.4) is 0 Å². The second-order valence-electron chi connectivity index (χ2n) is 5.39. The summed E-state index contributed by atoms with van der Waals surface area (Å²) in [5, 5.41) is 1.14. The van der Waals surface area contributed by atoms with Gasteiger partial charge < -0.3 is 4.90 Å². The zero-order valence-electron chi connectivity index (χ0n) is 12.9. The minimum atomic E-state index is 0.118. The van der Waals surface area contributed by atoms with Gasteiger partial charge in [0.1, 0.15) is 0 Å². The van der Waals surface area contributed by atoms with Gasteiger partial charge >= 0.3 is 0 Å². The van der Waals surface area contributed by atoms with E-state index in [-0.39, 0.29) is 5.91 Å². The van der Waals surface area contributed by atoms with Crippen molar-refractivity contribution in [1.82, 2.24) is 4.90 Å². The lowest BCUT2D eigenvalue weighted by Gasteiger charge is -2.21. The van der Waals surface area contributed by atoms with Crippen LogP contribution in [0.1, 0.15) is 27.7 Å². The van der Waals surface area contributed by atoms with Gasteiger partial charge in [0.05, 0.1) is 4.88 Å². The number of rotatable bonds is 4. The van der Waals surface area contributed by atoms with Crippen molar-refractivity contribution in [3.8, 4) is 0 Å². The Hall–Kier alpha value is -2.13. The lowest BCUT2D eigenvalue weighted by molar-refractivity contribution is 0.0757. The summed E-state index contributed by atoms with van der Waals surface area (Å²) in [6, 6.07) is 18.4. The van der Waals surface area contributed by atoms with Crippen LogP contribution < -0.4 is 0 Å². The van der Waals surface area contributed by atoms with Crippen molar-refractivity contribution < 1.29 is 4.79 Å². The molecule has 0 N–H and O–H groups in total. The lowest BCUT2D eigenvalue weighted by atomic mass is 10.1.